The first-order chi connectivity index (χ1) is 16.2. The summed E-state index contributed by atoms with van der Waals surface area (Å²) < 4.78 is 2.30. The molecule has 168 valence electrons. The molecule has 0 unspecified atom stereocenters. The number of fused-ring (bicyclic) bond motifs is 1. The number of nitrogens with one attached hydrogen (secondary N) is 1. The van der Waals surface area contributed by atoms with Crippen molar-refractivity contribution in [3.8, 4) is 22.5 Å². The fourth-order valence-electron chi connectivity index (χ4n) is 4.60. The Balaban J connectivity index is 1.46. The van der Waals surface area contributed by atoms with Gasteiger partial charge in [-0.2, -0.15) is 5.21 Å². The molecule has 0 spiro atoms. The molecule has 5 rings (SSSR count). The number of ketones is 1. The first-order valence-corrected chi connectivity index (χ1v) is 11.8. The maximum Gasteiger partial charge on any atom is 0.205 e. The first kappa shape index (κ1) is 21.2. The van der Waals surface area contributed by atoms with Crippen molar-refractivity contribution in [2.24, 2.45) is 0 Å². The van der Waals surface area contributed by atoms with Crippen LogP contribution in [0.5, 0.6) is 0 Å². The van der Waals surface area contributed by atoms with E-state index in [1.165, 1.54) is 5.56 Å². The molecule has 0 atom stereocenters. The average Bonchev–Trinajstić information content (AvgIpc) is 3.46. The second kappa shape index (κ2) is 9.48. The lowest BCUT2D eigenvalue weighted by Gasteiger charge is -2.13. The molecule has 0 saturated heterocycles. The molecule has 1 aliphatic rings. The first-order valence-electron chi connectivity index (χ1n) is 11.8. The van der Waals surface area contributed by atoms with E-state index in [0.717, 1.165) is 73.3 Å². The zero-order valence-electron chi connectivity index (χ0n) is 18.9. The van der Waals surface area contributed by atoms with Gasteiger partial charge >= 0.3 is 0 Å². The Labute approximate surface area is 193 Å². The van der Waals surface area contributed by atoms with E-state index in [1.54, 1.807) is 0 Å². The predicted molar refractivity (Wildman–Crippen MR) is 127 cm³/mol. The number of tetrazole rings is 1. The van der Waals surface area contributed by atoms with Gasteiger partial charge in [0.25, 0.3) is 0 Å². The lowest BCUT2D eigenvalue weighted by Crippen LogP contribution is -2.09. The molecular formula is C26H28N6O. The highest BCUT2D eigenvalue weighted by Gasteiger charge is 2.24. The van der Waals surface area contributed by atoms with Gasteiger partial charge in [-0.15, -0.1) is 10.2 Å². The van der Waals surface area contributed by atoms with Gasteiger partial charge in [0.05, 0.1) is 0 Å². The van der Waals surface area contributed by atoms with Crippen LogP contribution >= 0.6 is 0 Å². The van der Waals surface area contributed by atoms with Crippen molar-refractivity contribution in [1.82, 2.24) is 30.2 Å². The minimum atomic E-state index is 0.201. The smallest absolute Gasteiger partial charge is 0.205 e. The van der Waals surface area contributed by atoms with Crippen LogP contribution < -0.4 is 0 Å². The monoisotopic (exact) mass is 440 g/mol. The maximum absolute atomic E-state index is 12.6. The van der Waals surface area contributed by atoms with E-state index in [0.29, 0.717) is 17.9 Å². The number of aromatic nitrogens is 6. The molecule has 1 aliphatic carbocycles. The van der Waals surface area contributed by atoms with Crippen LogP contribution in [0.25, 0.3) is 22.5 Å². The van der Waals surface area contributed by atoms with Crippen LogP contribution in [-0.4, -0.2) is 36.0 Å². The number of hydrogen-bond donors (Lipinski definition) is 1. The quantitative estimate of drug-likeness (QED) is 0.407. The lowest BCUT2D eigenvalue weighted by molar-refractivity contribution is 0.0977. The summed E-state index contributed by atoms with van der Waals surface area (Å²) in [6, 6.07) is 16.7. The Morgan fingerprint density at radius 3 is 2.55 bits per heavy atom. The molecule has 0 bridgehead atoms. The largest absolute Gasteiger partial charge is 0.327 e. The standard InChI is InChI=1S/C26H28N6O/c1-2-3-12-24-27-25-22(10-6-7-11-23(25)33)32(24)17-18-13-15-19(16-14-18)20-8-4-5-9-21(20)26-28-30-31-29-26/h4-5,8-9,13-16H,2-3,6-7,10-12,17H2,1H3,(H,28,29,30,31). The molecular weight excluding hydrogens is 412 g/mol. The number of carbonyl (C=O) groups excluding carboxylic acids is 1. The van der Waals surface area contributed by atoms with Crippen molar-refractivity contribution >= 4 is 5.78 Å². The van der Waals surface area contributed by atoms with E-state index in [4.69, 9.17) is 4.98 Å². The minimum Gasteiger partial charge on any atom is -0.327 e. The van der Waals surface area contributed by atoms with Gasteiger partial charge in [0.15, 0.2) is 5.78 Å². The molecule has 0 saturated carbocycles. The molecule has 1 N–H and O–H groups in total. The molecule has 33 heavy (non-hydrogen) atoms. The van der Waals surface area contributed by atoms with Crippen molar-refractivity contribution in [2.45, 2.75) is 58.4 Å². The zero-order chi connectivity index (χ0) is 22.6. The van der Waals surface area contributed by atoms with Crippen LogP contribution in [0.1, 0.15) is 66.6 Å². The summed E-state index contributed by atoms with van der Waals surface area (Å²) in [5.74, 6) is 1.83. The molecule has 7 nitrogen and oxygen atoms in total. The summed E-state index contributed by atoms with van der Waals surface area (Å²) in [6.45, 7) is 2.93. The van der Waals surface area contributed by atoms with Crippen LogP contribution in [-0.2, 0) is 19.4 Å². The van der Waals surface area contributed by atoms with Crippen LogP contribution in [0.2, 0.25) is 0 Å². The molecule has 0 fully saturated rings. The molecule has 0 radical (unpaired) electrons. The second-order valence-corrected chi connectivity index (χ2v) is 8.62. The number of benzene rings is 2. The fraction of sp³-hybridized carbons (Fsp3) is 0.346. The van der Waals surface area contributed by atoms with Gasteiger partial charge in [-0.3, -0.25) is 4.79 Å². The molecule has 4 aromatic rings. The third-order valence-electron chi connectivity index (χ3n) is 6.36. The van der Waals surface area contributed by atoms with Gasteiger partial charge in [0.2, 0.25) is 5.82 Å². The number of aromatic amines is 1. The minimum absolute atomic E-state index is 0.201. The van der Waals surface area contributed by atoms with Crippen molar-refractivity contribution in [1.29, 1.82) is 0 Å². The Kier molecular flexibility index (Phi) is 6.11. The summed E-state index contributed by atoms with van der Waals surface area (Å²) in [7, 11) is 0. The van der Waals surface area contributed by atoms with Gasteiger partial charge in [0, 0.05) is 30.6 Å². The van der Waals surface area contributed by atoms with Crippen LogP contribution in [0, 0.1) is 0 Å². The third kappa shape index (κ3) is 4.35. The maximum atomic E-state index is 12.6. The molecule has 0 amide bonds. The Morgan fingerprint density at radius 1 is 1.00 bits per heavy atom. The van der Waals surface area contributed by atoms with E-state index in [-0.39, 0.29) is 5.78 Å². The zero-order valence-corrected chi connectivity index (χ0v) is 18.9. The SMILES string of the molecule is CCCCc1nc2c(n1Cc1ccc(-c3ccccc3-c3nn[nH]n3)cc1)CCCCC2=O. The number of unbranched alkanes of at least 4 members (excludes halogenated alkanes) is 1. The molecule has 7 heteroatoms. The summed E-state index contributed by atoms with van der Waals surface area (Å²) >= 11 is 0. The van der Waals surface area contributed by atoms with Gasteiger partial charge in [0.1, 0.15) is 11.5 Å². The van der Waals surface area contributed by atoms with E-state index in [1.807, 2.05) is 18.2 Å². The molecule has 2 heterocycles. The Hall–Kier alpha value is -3.61. The van der Waals surface area contributed by atoms with Gasteiger partial charge in [-0.25, -0.2) is 4.98 Å². The van der Waals surface area contributed by atoms with Gasteiger partial charge in [-0.05, 0) is 47.6 Å². The predicted octanol–water partition coefficient (Wildman–Crippen LogP) is 5.03. The van der Waals surface area contributed by atoms with Crippen molar-refractivity contribution < 1.29 is 4.79 Å². The molecule has 2 aromatic heterocycles. The highest BCUT2D eigenvalue weighted by molar-refractivity contribution is 5.95. The number of nitrogens with zero attached hydrogens (tertiary/aromatic N) is 5. The van der Waals surface area contributed by atoms with Crippen molar-refractivity contribution in [3.05, 3.63) is 71.3 Å². The van der Waals surface area contributed by atoms with Crippen LogP contribution in [0.4, 0.5) is 0 Å². The number of hydrogen-bond acceptors (Lipinski definition) is 5. The Morgan fingerprint density at radius 2 is 1.79 bits per heavy atom. The number of rotatable bonds is 7. The van der Waals surface area contributed by atoms with E-state index in [9.17, 15) is 4.79 Å². The van der Waals surface area contributed by atoms with E-state index >= 15 is 0 Å². The topological polar surface area (TPSA) is 89.3 Å². The van der Waals surface area contributed by atoms with Crippen molar-refractivity contribution in [3.63, 3.8) is 0 Å². The number of Topliss-reactive ketones (excluding diaryl/α,β-unsaturated/α-hetero) is 1. The van der Waals surface area contributed by atoms with Gasteiger partial charge < -0.3 is 4.57 Å². The number of aryl methyl sites for hydroxylation is 1. The number of carbonyl (C=O) groups is 1. The summed E-state index contributed by atoms with van der Waals surface area (Å²) in [4.78, 5) is 17.5. The third-order valence-corrected chi connectivity index (χ3v) is 6.36. The summed E-state index contributed by atoms with van der Waals surface area (Å²) in [5.41, 5.74) is 6.14. The van der Waals surface area contributed by atoms with Crippen molar-refractivity contribution in [2.75, 3.05) is 0 Å². The average molecular weight is 441 g/mol. The molecule has 0 aliphatic heterocycles. The molecule has 2 aromatic carbocycles. The summed E-state index contributed by atoms with van der Waals surface area (Å²) in [5, 5.41) is 14.5. The number of H-pyrrole nitrogens is 1. The highest BCUT2D eigenvalue weighted by Crippen LogP contribution is 2.30. The van der Waals surface area contributed by atoms with E-state index < -0.39 is 0 Å². The van der Waals surface area contributed by atoms with Crippen LogP contribution in [0.3, 0.4) is 0 Å². The summed E-state index contributed by atoms with van der Waals surface area (Å²) in [6.07, 6.45) is 6.64. The van der Waals surface area contributed by atoms with E-state index in [2.05, 4.69) is 62.4 Å². The fourth-order valence-corrected chi connectivity index (χ4v) is 4.60. The second-order valence-electron chi connectivity index (χ2n) is 8.62. The number of imidazole rings is 1. The lowest BCUT2D eigenvalue weighted by atomic mass is 9.98. The Bertz CT molecular complexity index is 1240. The normalized spacial score (nSPS) is 13.7. The van der Waals surface area contributed by atoms with Crippen LogP contribution in [0.15, 0.2) is 48.5 Å². The highest BCUT2D eigenvalue weighted by atomic mass is 16.1. The van der Waals surface area contributed by atoms with Gasteiger partial charge in [-0.1, -0.05) is 61.9 Å².